The van der Waals surface area contributed by atoms with Crippen molar-refractivity contribution < 1.29 is 18.7 Å². The third-order valence-electron chi connectivity index (χ3n) is 2.55. The van der Waals surface area contributed by atoms with Gasteiger partial charge in [0, 0.05) is 23.9 Å². The molecule has 0 N–H and O–H groups in total. The second-order valence-electron chi connectivity index (χ2n) is 3.80. The van der Waals surface area contributed by atoms with Gasteiger partial charge >= 0.3 is 11.6 Å². The van der Waals surface area contributed by atoms with Crippen LogP contribution in [0.5, 0.6) is 11.5 Å². The molecule has 0 spiro atoms. The standard InChI is InChI=1S/C13H12O5/c1-7-10-5-4-9(17-8(2)14)6-11(10)18-13(15)12(7)16-3/h4-6H,1-3H3. The Bertz CT molecular complexity index is 669. The van der Waals surface area contributed by atoms with Crippen molar-refractivity contribution in [1.82, 2.24) is 0 Å². The average molecular weight is 248 g/mol. The molecule has 0 saturated carbocycles. The molecule has 1 aromatic heterocycles. The Balaban J connectivity index is 2.65. The van der Waals surface area contributed by atoms with E-state index in [2.05, 4.69) is 0 Å². The molecule has 18 heavy (non-hydrogen) atoms. The van der Waals surface area contributed by atoms with Crippen LogP contribution < -0.4 is 15.1 Å². The zero-order valence-corrected chi connectivity index (χ0v) is 10.3. The summed E-state index contributed by atoms with van der Waals surface area (Å²) in [5.41, 5.74) is 0.498. The molecule has 0 amide bonds. The fourth-order valence-electron chi connectivity index (χ4n) is 1.78. The second-order valence-corrected chi connectivity index (χ2v) is 3.80. The van der Waals surface area contributed by atoms with Crippen LogP contribution in [0.25, 0.3) is 11.0 Å². The molecule has 5 nitrogen and oxygen atoms in total. The lowest BCUT2D eigenvalue weighted by Gasteiger charge is -2.07. The van der Waals surface area contributed by atoms with E-state index in [4.69, 9.17) is 13.9 Å². The molecule has 0 atom stereocenters. The summed E-state index contributed by atoms with van der Waals surface area (Å²) >= 11 is 0. The first kappa shape index (κ1) is 12.2. The van der Waals surface area contributed by atoms with E-state index in [0.29, 0.717) is 16.9 Å². The highest BCUT2D eigenvalue weighted by Crippen LogP contribution is 2.26. The predicted octanol–water partition coefficient (Wildman–Crippen LogP) is 2.04. The van der Waals surface area contributed by atoms with Crippen LogP contribution in [-0.2, 0) is 4.79 Å². The van der Waals surface area contributed by atoms with Gasteiger partial charge in [-0.1, -0.05) is 0 Å². The second kappa shape index (κ2) is 4.52. The number of fused-ring (bicyclic) bond motifs is 1. The molecule has 2 aromatic rings. The van der Waals surface area contributed by atoms with Crippen LogP contribution >= 0.6 is 0 Å². The van der Waals surface area contributed by atoms with E-state index in [9.17, 15) is 9.59 Å². The molecule has 0 aliphatic rings. The molecule has 0 aliphatic heterocycles. The monoisotopic (exact) mass is 248 g/mol. The normalized spacial score (nSPS) is 10.4. The Morgan fingerprint density at radius 1 is 1.33 bits per heavy atom. The highest BCUT2D eigenvalue weighted by Gasteiger charge is 2.12. The van der Waals surface area contributed by atoms with Gasteiger partial charge < -0.3 is 13.9 Å². The van der Waals surface area contributed by atoms with Crippen LogP contribution in [0.4, 0.5) is 0 Å². The van der Waals surface area contributed by atoms with Crippen molar-refractivity contribution in [1.29, 1.82) is 0 Å². The number of rotatable bonds is 2. The fraction of sp³-hybridized carbons (Fsp3) is 0.231. The minimum Gasteiger partial charge on any atom is -0.490 e. The number of esters is 1. The Kier molecular flexibility index (Phi) is 3.06. The molecule has 0 fully saturated rings. The van der Waals surface area contributed by atoms with Gasteiger partial charge in [-0.15, -0.1) is 0 Å². The lowest BCUT2D eigenvalue weighted by molar-refractivity contribution is -0.131. The predicted molar refractivity (Wildman–Crippen MR) is 65.1 cm³/mol. The van der Waals surface area contributed by atoms with Crippen molar-refractivity contribution in [3.8, 4) is 11.5 Å². The number of benzene rings is 1. The molecule has 5 heteroatoms. The summed E-state index contributed by atoms with van der Waals surface area (Å²) in [7, 11) is 1.41. The van der Waals surface area contributed by atoms with Crippen molar-refractivity contribution in [2.24, 2.45) is 0 Å². The third kappa shape index (κ3) is 2.07. The maximum atomic E-state index is 11.6. The van der Waals surface area contributed by atoms with E-state index in [1.165, 1.54) is 20.1 Å². The van der Waals surface area contributed by atoms with Crippen LogP contribution in [0.2, 0.25) is 0 Å². The highest BCUT2D eigenvalue weighted by molar-refractivity contribution is 5.84. The van der Waals surface area contributed by atoms with Gasteiger partial charge in [-0.3, -0.25) is 4.79 Å². The van der Waals surface area contributed by atoms with Gasteiger partial charge in [0.15, 0.2) is 0 Å². The summed E-state index contributed by atoms with van der Waals surface area (Å²) in [5, 5.41) is 0.738. The average Bonchev–Trinajstić information content (AvgIpc) is 2.28. The van der Waals surface area contributed by atoms with Crippen LogP contribution in [-0.4, -0.2) is 13.1 Å². The summed E-state index contributed by atoms with van der Waals surface area (Å²) < 4.78 is 15.0. The summed E-state index contributed by atoms with van der Waals surface area (Å²) in [4.78, 5) is 22.5. The summed E-state index contributed by atoms with van der Waals surface area (Å²) in [6, 6.07) is 4.86. The van der Waals surface area contributed by atoms with E-state index < -0.39 is 11.6 Å². The van der Waals surface area contributed by atoms with Crippen LogP contribution in [0, 0.1) is 6.92 Å². The fourth-order valence-corrected chi connectivity index (χ4v) is 1.78. The molecule has 94 valence electrons. The number of carbonyl (C=O) groups is 1. The number of hydrogen-bond donors (Lipinski definition) is 0. The number of hydrogen-bond acceptors (Lipinski definition) is 5. The van der Waals surface area contributed by atoms with E-state index >= 15 is 0 Å². The molecule has 0 unspecified atom stereocenters. The topological polar surface area (TPSA) is 65.7 Å². The van der Waals surface area contributed by atoms with Gasteiger partial charge in [0.2, 0.25) is 5.75 Å². The van der Waals surface area contributed by atoms with Crippen LogP contribution in [0.15, 0.2) is 27.4 Å². The van der Waals surface area contributed by atoms with Crippen molar-refractivity contribution in [3.63, 3.8) is 0 Å². The van der Waals surface area contributed by atoms with E-state index in [0.717, 1.165) is 5.39 Å². The Hall–Kier alpha value is -2.30. The van der Waals surface area contributed by atoms with Gasteiger partial charge in [-0.25, -0.2) is 4.79 Å². The first-order chi connectivity index (χ1) is 8.52. The highest BCUT2D eigenvalue weighted by atomic mass is 16.5. The summed E-state index contributed by atoms with van der Waals surface area (Å²) in [5.74, 6) is 0.0902. The zero-order valence-electron chi connectivity index (χ0n) is 10.3. The molecular formula is C13H12O5. The number of ether oxygens (including phenoxy) is 2. The minimum atomic E-state index is -0.553. The maximum absolute atomic E-state index is 11.6. The van der Waals surface area contributed by atoms with Gasteiger partial charge in [-0.05, 0) is 19.1 Å². The summed E-state index contributed by atoms with van der Waals surface area (Å²) in [6.07, 6.45) is 0. The maximum Gasteiger partial charge on any atom is 0.379 e. The Morgan fingerprint density at radius 3 is 2.67 bits per heavy atom. The lowest BCUT2D eigenvalue weighted by Crippen LogP contribution is -2.06. The Morgan fingerprint density at radius 2 is 2.06 bits per heavy atom. The van der Waals surface area contributed by atoms with Crippen molar-refractivity contribution in [2.45, 2.75) is 13.8 Å². The first-order valence-corrected chi connectivity index (χ1v) is 5.33. The van der Waals surface area contributed by atoms with Crippen molar-refractivity contribution in [3.05, 3.63) is 34.2 Å². The quantitative estimate of drug-likeness (QED) is 0.462. The lowest BCUT2D eigenvalue weighted by atomic mass is 10.1. The van der Waals surface area contributed by atoms with Crippen molar-refractivity contribution in [2.75, 3.05) is 7.11 Å². The van der Waals surface area contributed by atoms with Crippen LogP contribution in [0.1, 0.15) is 12.5 Å². The summed E-state index contributed by atoms with van der Waals surface area (Å²) in [6.45, 7) is 3.07. The van der Waals surface area contributed by atoms with Gasteiger partial charge in [-0.2, -0.15) is 0 Å². The largest absolute Gasteiger partial charge is 0.490 e. The SMILES string of the molecule is COc1c(C)c2ccc(OC(C)=O)cc2oc1=O. The number of carbonyl (C=O) groups excluding carboxylic acids is 1. The van der Waals surface area contributed by atoms with E-state index in [1.807, 2.05) is 0 Å². The number of methoxy groups -OCH3 is 1. The third-order valence-corrected chi connectivity index (χ3v) is 2.55. The molecule has 1 aromatic carbocycles. The molecule has 2 rings (SSSR count). The first-order valence-electron chi connectivity index (χ1n) is 5.33. The Labute approximate surface area is 103 Å². The molecule has 1 heterocycles. The van der Waals surface area contributed by atoms with Crippen molar-refractivity contribution >= 4 is 16.9 Å². The molecule has 0 radical (unpaired) electrons. The molecule has 0 saturated heterocycles. The van der Waals surface area contributed by atoms with E-state index in [1.54, 1.807) is 19.1 Å². The van der Waals surface area contributed by atoms with Gasteiger partial charge in [0.25, 0.3) is 0 Å². The molecule has 0 aliphatic carbocycles. The smallest absolute Gasteiger partial charge is 0.379 e. The zero-order chi connectivity index (χ0) is 13.3. The number of aryl methyl sites for hydroxylation is 1. The van der Waals surface area contributed by atoms with Crippen LogP contribution in [0.3, 0.4) is 0 Å². The van der Waals surface area contributed by atoms with E-state index in [-0.39, 0.29) is 5.75 Å². The molecule has 0 bridgehead atoms. The minimum absolute atomic E-state index is 0.183. The molecular weight excluding hydrogens is 236 g/mol. The van der Waals surface area contributed by atoms with Gasteiger partial charge in [0.05, 0.1) is 7.11 Å². The van der Waals surface area contributed by atoms with Gasteiger partial charge in [0.1, 0.15) is 11.3 Å².